The van der Waals surface area contributed by atoms with Crippen molar-refractivity contribution in [1.29, 1.82) is 0 Å². The van der Waals surface area contributed by atoms with Gasteiger partial charge in [0, 0.05) is 58.8 Å². The van der Waals surface area contributed by atoms with Gasteiger partial charge in [0.25, 0.3) is 0 Å². The van der Waals surface area contributed by atoms with Crippen molar-refractivity contribution in [3.63, 3.8) is 0 Å². The highest BCUT2D eigenvalue weighted by Gasteiger charge is 2.16. The monoisotopic (exact) mass is 585 g/mol. The summed E-state index contributed by atoms with van der Waals surface area (Å²) in [7, 11) is 0. The van der Waals surface area contributed by atoms with Crippen LogP contribution in [0.4, 0.5) is 0 Å². The van der Waals surface area contributed by atoms with Gasteiger partial charge in [-0.3, -0.25) is 4.57 Å². The van der Waals surface area contributed by atoms with E-state index >= 15 is 0 Å². The zero-order valence-corrected chi connectivity index (χ0v) is 23.7. The molecule has 0 spiro atoms. The van der Waals surface area contributed by atoms with Gasteiger partial charge in [-0.05, 0) is 66.7 Å². The SMILES string of the molecule is c1cnc(-n2c3cc(Oc4cccc(-c5ccncn5)c4)ccc3c3ccc(Oc4cccc(-c5ccncn5)c4)cc32)nc1. The number of nitrogens with zero attached hydrogens (tertiary/aromatic N) is 7. The third-order valence-electron chi connectivity index (χ3n) is 7.36. The molecule has 0 saturated heterocycles. The lowest BCUT2D eigenvalue weighted by Gasteiger charge is -2.10. The summed E-state index contributed by atoms with van der Waals surface area (Å²) >= 11 is 0. The quantitative estimate of drug-likeness (QED) is 0.185. The van der Waals surface area contributed by atoms with Crippen LogP contribution in [0.3, 0.4) is 0 Å². The standard InChI is InChI=1S/C36H23N7O2/c1-4-24(32-12-16-37-22-41-32)18-26(6-1)44-28-8-10-30-31-11-9-29(21-35(31)43(34(30)20-28)36-39-14-3-15-40-36)45-27-7-2-5-25(19-27)33-13-17-38-23-42-33/h1-23H. The highest BCUT2D eigenvalue weighted by Crippen LogP contribution is 2.37. The first-order valence-corrected chi connectivity index (χ1v) is 14.2. The normalized spacial score (nSPS) is 11.1. The van der Waals surface area contributed by atoms with Crippen LogP contribution < -0.4 is 9.47 Å². The van der Waals surface area contributed by atoms with Crippen LogP contribution in [0.1, 0.15) is 0 Å². The number of benzene rings is 4. The Labute approximate surface area is 257 Å². The van der Waals surface area contributed by atoms with Crippen molar-refractivity contribution in [2.75, 3.05) is 0 Å². The van der Waals surface area contributed by atoms with Crippen LogP contribution in [0.15, 0.2) is 141 Å². The molecule has 0 unspecified atom stereocenters. The summed E-state index contributed by atoms with van der Waals surface area (Å²) in [5.41, 5.74) is 5.35. The fraction of sp³-hybridized carbons (Fsp3) is 0. The van der Waals surface area contributed by atoms with Crippen molar-refractivity contribution >= 4 is 21.8 Å². The number of aromatic nitrogens is 7. The predicted octanol–water partition coefficient (Wildman–Crippen LogP) is 8.07. The first kappa shape index (κ1) is 26.2. The van der Waals surface area contributed by atoms with Gasteiger partial charge < -0.3 is 9.47 Å². The van der Waals surface area contributed by atoms with Crippen LogP contribution in [0.2, 0.25) is 0 Å². The lowest BCUT2D eigenvalue weighted by Crippen LogP contribution is -2.00. The van der Waals surface area contributed by atoms with E-state index < -0.39 is 0 Å². The number of ether oxygens (including phenoxy) is 2. The van der Waals surface area contributed by atoms with Crippen molar-refractivity contribution in [3.8, 4) is 51.5 Å². The van der Waals surface area contributed by atoms with Crippen LogP contribution in [0, 0.1) is 0 Å². The Bertz CT molecular complexity index is 2130. The Hall–Kier alpha value is -6.48. The average Bonchev–Trinajstić information content (AvgIpc) is 3.42. The molecule has 0 fully saturated rings. The predicted molar refractivity (Wildman–Crippen MR) is 171 cm³/mol. The largest absolute Gasteiger partial charge is 0.457 e. The fourth-order valence-corrected chi connectivity index (χ4v) is 5.36. The van der Waals surface area contributed by atoms with Crippen LogP contribution >= 0.6 is 0 Å². The summed E-state index contributed by atoms with van der Waals surface area (Å²) in [6, 6.07) is 33.3. The van der Waals surface area contributed by atoms with Gasteiger partial charge in [0.15, 0.2) is 0 Å². The maximum Gasteiger partial charge on any atom is 0.234 e. The van der Waals surface area contributed by atoms with Gasteiger partial charge >= 0.3 is 0 Å². The molecule has 0 radical (unpaired) electrons. The van der Waals surface area contributed by atoms with E-state index in [1.807, 2.05) is 89.5 Å². The summed E-state index contributed by atoms with van der Waals surface area (Å²) in [5.74, 6) is 3.30. The molecule has 4 aromatic heterocycles. The summed E-state index contributed by atoms with van der Waals surface area (Å²) in [5, 5.41) is 2.08. The van der Waals surface area contributed by atoms with Crippen LogP contribution in [0.25, 0.3) is 50.3 Å². The Kier molecular flexibility index (Phi) is 6.58. The fourth-order valence-electron chi connectivity index (χ4n) is 5.36. The van der Waals surface area contributed by atoms with Gasteiger partial charge in [-0.25, -0.2) is 29.9 Å². The van der Waals surface area contributed by atoms with Crippen LogP contribution in [-0.4, -0.2) is 34.5 Å². The third kappa shape index (κ3) is 5.19. The molecule has 8 aromatic rings. The highest BCUT2D eigenvalue weighted by molar-refractivity contribution is 6.09. The molecule has 9 nitrogen and oxygen atoms in total. The zero-order chi connectivity index (χ0) is 30.0. The summed E-state index contributed by atoms with van der Waals surface area (Å²) < 4.78 is 14.7. The second-order valence-electron chi connectivity index (χ2n) is 10.2. The molecule has 0 saturated carbocycles. The summed E-state index contributed by atoms with van der Waals surface area (Å²) in [4.78, 5) is 25.9. The van der Waals surface area contributed by atoms with E-state index in [0.29, 0.717) is 28.9 Å². The van der Waals surface area contributed by atoms with Gasteiger partial charge in [0.1, 0.15) is 35.7 Å². The lowest BCUT2D eigenvalue weighted by atomic mass is 10.1. The topological polar surface area (TPSA) is 101 Å². The molecule has 0 bridgehead atoms. The number of fused-ring (bicyclic) bond motifs is 3. The number of rotatable bonds is 7. The van der Waals surface area contributed by atoms with Crippen molar-refractivity contribution < 1.29 is 9.47 Å². The molecule has 8 rings (SSSR count). The second-order valence-corrected chi connectivity index (χ2v) is 10.2. The van der Waals surface area contributed by atoms with Crippen molar-refractivity contribution in [2.45, 2.75) is 0 Å². The molecule has 0 aliphatic heterocycles. The minimum Gasteiger partial charge on any atom is -0.457 e. The van der Waals surface area contributed by atoms with Crippen LogP contribution in [-0.2, 0) is 0 Å². The van der Waals surface area contributed by atoms with Gasteiger partial charge in [-0.1, -0.05) is 24.3 Å². The Morgan fingerprint density at radius 2 is 0.956 bits per heavy atom. The molecule has 0 atom stereocenters. The van der Waals surface area contributed by atoms with E-state index in [1.54, 1.807) is 30.9 Å². The molecular formula is C36H23N7O2. The minimum atomic E-state index is 0.545. The maximum absolute atomic E-state index is 6.35. The first-order chi connectivity index (χ1) is 22.3. The van der Waals surface area contributed by atoms with Crippen molar-refractivity contribution in [3.05, 3.63) is 141 Å². The average molecular weight is 586 g/mol. The second kappa shape index (κ2) is 11.3. The first-order valence-electron chi connectivity index (χ1n) is 14.2. The molecule has 214 valence electrons. The molecule has 45 heavy (non-hydrogen) atoms. The Morgan fingerprint density at radius 1 is 0.444 bits per heavy atom. The molecule has 0 amide bonds. The molecule has 0 aliphatic carbocycles. The number of hydrogen-bond acceptors (Lipinski definition) is 8. The lowest BCUT2D eigenvalue weighted by molar-refractivity contribution is 0.483. The zero-order valence-electron chi connectivity index (χ0n) is 23.7. The highest BCUT2D eigenvalue weighted by atomic mass is 16.5. The minimum absolute atomic E-state index is 0.545. The van der Waals surface area contributed by atoms with Crippen molar-refractivity contribution in [1.82, 2.24) is 34.5 Å². The van der Waals surface area contributed by atoms with E-state index in [-0.39, 0.29) is 0 Å². The maximum atomic E-state index is 6.35. The molecular weight excluding hydrogens is 562 g/mol. The number of hydrogen-bond donors (Lipinski definition) is 0. The van der Waals surface area contributed by atoms with Gasteiger partial charge in [-0.2, -0.15) is 0 Å². The van der Waals surface area contributed by atoms with E-state index in [1.165, 1.54) is 12.7 Å². The molecule has 0 aliphatic rings. The molecule has 0 N–H and O–H groups in total. The van der Waals surface area contributed by atoms with E-state index in [2.05, 4.69) is 42.0 Å². The third-order valence-corrected chi connectivity index (χ3v) is 7.36. The van der Waals surface area contributed by atoms with Gasteiger partial charge in [-0.15, -0.1) is 0 Å². The van der Waals surface area contributed by atoms with E-state index in [4.69, 9.17) is 9.47 Å². The van der Waals surface area contributed by atoms with E-state index in [9.17, 15) is 0 Å². The Morgan fingerprint density at radius 3 is 1.44 bits per heavy atom. The van der Waals surface area contributed by atoms with Crippen LogP contribution in [0.5, 0.6) is 23.0 Å². The smallest absolute Gasteiger partial charge is 0.234 e. The van der Waals surface area contributed by atoms with Gasteiger partial charge in [0.2, 0.25) is 5.95 Å². The van der Waals surface area contributed by atoms with Crippen molar-refractivity contribution in [2.24, 2.45) is 0 Å². The van der Waals surface area contributed by atoms with Gasteiger partial charge in [0.05, 0.1) is 22.4 Å². The molecule has 4 aromatic carbocycles. The summed E-state index contributed by atoms with van der Waals surface area (Å²) in [6.07, 6.45) is 9.99. The molecule has 4 heterocycles. The summed E-state index contributed by atoms with van der Waals surface area (Å²) in [6.45, 7) is 0. The van der Waals surface area contributed by atoms with E-state index in [0.717, 1.165) is 44.3 Å². The molecule has 9 heteroatoms. The Balaban J connectivity index is 1.19.